The average molecular weight is 504 g/mol. The van der Waals surface area contributed by atoms with Gasteiger partial charge in [-0.25, -0.2) is 0 Å². The quantitative estimate of drug-likeness (QED) is 0.407. The van der Waals surface area contributed by atoms with Crippen LogP contribution in [0.3, 0.4) is 0 Å². The first-order valence-corrected chi connectivity index (χ1v) is 11.2. The number of hydrogen-bond donors (Lipinski definition) is 2. The van der Waals surface area contributed by atoms with E-state index in [2.05, 4.69) is 10.6 Å². The number of aryl methyl sites for hydroxylation is 1. The zero-order valence-electron chi connectivity index (χ0n) is 17.9. The second-order valence-electron chi connectivity index (χ2n) is 7.52. The molecule has 5 nitrogen and oxygen atoms in total. The zero-order chi connectivity index (χ0) is 24.1. The first-order chi connectivity index (χ1) is 15.7. The van der Waals surface area contributed by atoms with Crippen molar-refractivity contribution >= 4 is 58.1 Å². The Morgan fingerprint density at radius 1 is 0.788 bits per heavy atom. The minimum absolute atomic E-state index is 0.182. The third kappa shape index (κ3) is 6.14. The van der Waals surface area contributed by atoms with Crippen molar-refractivity contribution < 1.29 is 14.4 Å². The summed E-state index contributed by atoms with van der Waals surface area (Å²) in [5.41, 5.74) is 2.61. The summed E-state index contributed by atoms with van der Waals surface area (Å²) >= 11 is 18.3. The van der Waals surface area contributed by atoms with Crippen molar-refractivity contribution in [1.29, 1.82) is 0 Å². The Morgan fingerprint density at radius 3 is 1.88 bits per heavy atom. The maximum absolute atomic E-state index is 12.7. The van der Waals surface area contributed by atoms with Gasteiger partial charge in [0.05, 0.1) is 32.2 Å². The van der Waals surface area contributed by atoms with E-state index in [0.717, 1.165) is 11.1 Å². The van der Waals surface area contributed by atoms with Crippen molar-refractivity contribution in [2.75, 3.05) is 5.32 Å². The number of ketones is 1. The normalized spacial score (nSPS) is 11.5. The number of anilines is 1. The summed E-state index contributed by atoms with van der Waals surface area (Å²) in [6, 6.07) is 16.2. The van der Waals surface area contributed by atoms with Crippen LogP contribution in [0.25, 0.3) is 0 Å². The highest BCUT2D eigenvalue weighted by molar-refractivity contribution is 6.40. The Hall–Kier alpha value is -2.86. The molecule has 0 radical (unpaired) electrons. The van der Waals surface area contributed by atoms with E-state index in [1.807, 2.05) is 0 Å². The lowest BCUT2D eigenvalue weighted by Crippen LogP contribution is -2.41. The second-order valence-corrected chi connectivity index (χ2v) is 8.74. The van der Waals surface area contributed by atoms with Gasteiger partial charge >= 0.3 is 0 Å². The van der Waals surface area contributed by atoms with E-state index in [0.29, 0.717) is 16.3 Å². The molecule has 0 fully saturated rings. The Balaban J connectivity index is 1.70. The molecule has 1 unspecified atom stereocenters. The van der Waals surface area contributed by atoms with Gasteiger partial charge in [-0.15, -0.1) is 0 Å². The lowest BCUT2D eigenvalue weighted by Gasteiger charge is -2.18. The van der Waals surface area contributed by atoms with Crippen molar-refractivity contribution in [1.82, 2.24) is 5.32 Å². The molecule has 0 aliphatic heterocycles. The number of nitrogens with one attached hydrogen (secondary N) is 2. The van der Waals surface area contributed by atoms with Gasteiger partial charge in [0.1, 0.15) is 0 Å². The van der Waals surface area contributed by atoms with Gasteiger partial charge in [-0.05, 0) is 61.7 Å². The van der Waals surface area contributed by atoms with Gasteiger partial charge in [-0.2, -0.15) is 0 Å². The molecular weight excluding hydrogens is 483 g/mol. The van der Waals surface area contributed by atoms with E-state index in [-0.39, 0.29) is 27.8 Å². The fraction of sp³-hybridized carbons (Fsp3) is 0.160. The summed E-state index contributed by atoms with van der Waals surface area (Å²) in [5, 5.41) is 6.36. The summed E-state index contributed by atoms with van der Waals surface area (Å²) in [6.45, 7) is 3.21. The maximum atomic E-state index is 12.7. The molecule has 3 aromatic carbocycles. The van der Waals surface area contributed by atoms with Crippen LogP contribution in [-0.4, -0.2) is 23.6 Å². The Morgan fingerprint density at radius 2 is 1.33 bits per heavy atom. The number of hydrogen-bond acceptors (Lipinski definition) is 3. The minimum Gasteiger partial charge on any atom is -0.342 e. The van der Waals surface area contributed by atoms with Crippen LogP contribution < -0.4 is 10.6 Å². The monoisotopic (exact) mass is 502 g/mol. The molecule has 3 rings (SSSR count). The number of rotatable bonds is 7. The van der Waals surface area contributed by atoms with Crippen molar-refractivity contribution in [3.8, 4) is 0 Å². The van der Waals surface area contributed by atoms with Crippen LogP contribution in [0.1, 0.15) is 38.8 Å². The number of amides is 2. The van der Waals surface area contributed by atoms with E-state index >= 15 is 0 Å². The van der Waals surface area contributed by atoms with Gasteiger partial charge in [-0.3, -0.25) is 14.4 Å². The van der Waals surface area contributed by atoms with Crippen LogP contribution in [0, 0.1) is 6.92 Å². The zero-order valence-corrected chi connectivity index (χ0v) is 20.2. The van der Waals surface area contributed by atoms with Gasteiger partial charge in [0.25, 0.3) is 11.8 Å². The number of carbonyl (C=O) groups excluding carboxylic acids is 3. The third-order valence-corrected chi connectivity index (χ3v) is 6.03. The molecule has 0 aliphatic rings. The molecule has 0 saturated heterocycles. The van der Waals surface area contributed by atoms with Crippen molar-refractivity contribution in [2.24, 2.45) is 0 Å². The topological polar surface area (TPSA) is 75.3 Å². The molecule has 0 spiro atoms. The van der Waals surface area contributed by atoms with Crippen LogP contribution in [0.2, 0.25) is 15.1 Å². The first kappa shape index (κ1) is 24.8. The molecule has 8 heteroatoms. The molecule has 170 valence electrons. The van der Waals surface area contributed by atoms with Gasteiger partial charge < -0.3 is 10.6 Å². The average Bonchev–Trinajstić information content (AvgIpc) is 2.74. The summed E-state index contributed by atoms with van der Waals surface area (Å²) < 4.78 is 0. The van der Waals surface area contributed by atoms with Crippen LogP contribution in [0.15, 0.2) is 60.7 Å². The fourth-order valence-corrected chi connectivity index (χ4v) is 4.19. The van der Waals surface area contributed by atoms with Crippen molar-refractivity contribution in [3.05, 3.63) is 98.0 Å². The molecule has 3 aromatic rings. The molecule has 0 aliphatic carbocycles. The van der Waals surface area contributed by atoms with E-state index in [9.17, 15) is 14.4 Å². The predicted octanol–water partition coefficient (Wildman–Crippen LogP) is 6.14. The minimum atomic E-state index is -0.726. The lowest BCUT2D eigenvalue weighted by molar-refractivity contribution is -0.118. The van der Waals surface area contributed by atoms with Crippen molar-refractivity contribution in [3.63, 3.8) is 0 Å². The highest BCUT2D eigenvalue weighted by Crippen LogP contribution is 2.25. The summed E-state index contributed by atoms with van der Waals surface area (Å²) in [5.74, 6) is -1.01. The van der Waals surface area contributed by atoms with Crippen LogP contribution in [-0.2, 0) is 11.2 Å². The summed E-state index contributed by atoms with van der Waals surface area (Å²) in [6.07, 6.45) is 0.287. The maximum Gasteiger partial charge on any atom is 0.258 e. The highest BCUT2D eigenvalue weighted by atomic mass is 35.5. The molecule has 0 bridgehead atoms. The Kier molecular flexibility index (Phi) is 8.14. The van der Waals surface area contributed by atoms with E-state index < -0.39 is 17.9 Å². The first-order valence-electron chi connectivity index (χ1n) is 10.1. The number of benzene rings is 3. The molecule has 2 N–H and O–H groups in total. The number of Topliss-reactive ketones (excluding diaryl/α,β-unsaturated/α-hetero) is 1. The summed E-state index contributed by atoms with van der Waals surface area (Å²) in [7, 11) is 0. The van der Waals surface area contributed by atoms with E-state index in [4.69, 9.17) is 34.8 Å². The summed E-state index contributed by atoms with van der Waals surface area (Å²) in [4.78, 5) is 37.5. The van der Waals surface area contributed by atoms with Crippen LogP contribution >= 0.6 is 34.8 Å². The molecule has 1 atom stereocenters. The lowest BCUT2D eigenvalue weighted by atomic mass is 10.0. The molecule has 0 saturated carbocycles. The van der Waals surface area contributed by atoms with Gasteiger partial charge in [0.15, 0.2) is 5.78 Å². The fourth-order valence-electron chi connectivity index (χ4n) is 3.31. The SMILES string of the molecule is CC(=O)C(Cc1ccc(NC(=O)c2c(Cl)cccc2Cl)cc1)NC(=O)c1c(C)cccc1Cl. The van der Waals surface area contributed by atoms with Gasteiger partial charge in [0, 0.05) is 5.69 Å². The Labute approximate surface area is 207 Å². The Bertz CT molecular complexity index is 1170. The van der Waals surface area contributed by atoms with Crippen molar-refractivity contribution in [2.45, 2.75) is 26.3 Å². The van der Waals surface area contributed by atoms with E-state index in [1.54, 1.807) is 67.6 Å². The number of halogens is 3. The largest absolute Gasteiger partial charge is 0.342 e. The molecular formula is C25H21Cl3N2O3. The third-order valence-electron chi connectivity index (χ3n) is 5.09. The molecule has 0 heterocycles. The molecule has 2 amide bonds. The van der Waals surface area contributed by atoms with E-state index in [1.165, 1.54) is 6.92 Å². The van der Waals surface area contributed by atoms with Crippen LogP contribution in [0.4, 0.5) is 5.69 Å². The smallest absolute Gasteiger partial charge is 0.258 e. The highest BCUT2D eigenvalue weighted by Gasteiger charge is 2.21. The van der Waals surface area contributed by atoms with Gasteiger partial charge in [0.2, 0.25) is 0 Å². The predicted molar refractivity (Wildman–Crippen MR) is 133 cm³/mol. The van der Waals surface area contributed by atoms with Crippen LogP contribution in [0.5, 0.6) is 0 Å². The standard InChI is InChI=1S/C25H21Cl3N2O3/c1-14-5-3-6-18(26)22(14)24(32)30-21(15(2)31)13-16-9-11-17(12-10-16)29-25(33)23-19(27)7-4-8-20(23)28/h3-12,21H,13H2,1-2H3,(H,29,33)(H,30,32). The molecule has 33 heavy (non-hydrogen) atoms. The van der Waals surface area contributed by atoms with Gasteiger partial charge in [-0.1, -0.05) is 65.1 Å². The number of carbonyl (C=O) groups is 3. The second kappa shape index (κ2) is 10.8. The molecule has 0 aromatic heterocycles.